The van der Waals surface area contributed by atoms with Gasteiger partial charge in [0, 0.05) is 49.8 Å². The Morgan fingerprint density at radius 1 is 0.903 bits per heavy atom. The lowest BCUT2D eigenvalue weighted by atomic mass is 10.1. The number of H-pyrrole nitrogens is 1. The molecule has 0 aliphatic carbocycles. The number of nitrogens with one attached hydrogen (secondary N) is 3. The minimum atomic E-state index is -0.260. The van der Waals surface area contributed by atoms with Crippen LogP contribution in [-0.4, -0.2) is 31.2 Å². The monoisotopic (exact) mass is 411 g/mol. The summed E-state index contributed by atoms with van der Waals surface area (Å²) >= 11 is 0. The summed E-state index contributed by atoms with van der Waals surface area (Å²) in [5.74, 6) is 0. The fraction of sp³-hybridized carbons (Fsp3) is 0.160. The molecule has 2 amide bonds. The lowest BCUT2D eigenvalue weighted by Gasteiger charge is -2.37. The van der Waals surface area contributed by atoms with E-state index < -0.39 is 0 Å². The molecular weight excluding hydrogens is 386 g/mol. The van der Waals surface area contributed by atoms with Gasteiger partial charge in [0.2, 0.25) is 0 Å². The molecule has 0 radical (unpaired) electrons. The van der Waals surface area contributed by atoms with Crippen molar-refractivity contribution in [3.05, 3.63) is 84.6 Å². The molecule has 0 saturated carbocycles. The minimum Gasteiger partial charge on any atom is -0.371 e. The molecule has 0 atom stereocenters. The number of nitrogens with zero attached hydrogens (tertiary/aromatic N) is 2. The summed E-state index contributed by atoms with van der Waals surface area (Å²) in [4.78, 5) is 20.4. The number of benzene rings is 3. The molecule has 6 heteroatoms. The molecule has 1 aliphatic heterocycles. The number of carbonyl (C=O) groups is 1. The Kier molecular flexibility index (Phi) is 4.96. The zero-order valence-corrected chi connectivity index (χ0v) is 17.4. The van der Waals surface area contributed by atoms with Crippen LogP contribution in [0.2, 0.25) is 0 Å². The fourth-order valence-corrected chi connectivity index (χ4v) is 4.08. The van der Waals surface area contributed by atoms with E-state index in [0.717, 1.165) is 47.6 Å². The lowest BCUT2D eigenvalue weighted by molar-refractivity contribution is 0.262. The van der Waals surface area contributed by atoms with E-state index in [-0.39, 0.29) is 6.03 Å². The molecule has 3 N–H and O–H groups in total. The summed E-state index contributed by atoms with van der Waals surface area (Å²) in [5.41, 5.74) is 6.08. The summed E-state index contributed by atoms with van der Waals surface area (Å²) < 4.78 is 0. The number of likely N-dealkylation sites (N-methyl/N-ethyl adjacent to an activating group) is 1. The smallest absolute Gasteiger partial charge is 0.323 e. The zero-order valence-electron chi connectivity index (χ0n) is 17.4. The van der Waals surface area contributed by atoms with Crippen molar-refractivity contribution in [1.82, 2.24) is 4.98 Å². The van der Waals surface area contributed by atoms with Crippen LogP contribution in [0.4, 0.5) is 27.5 Å². The normalized spacial score (nSPS) is 13.2. The third-order valence-electron chi connectivity index (χ3n) is 5.72. The number of urea groups is 1. The maximum Gasteiger partial charge on any atom is 0.323 e. The molecule has 5 rings (SSSR count). The number of amides is 2. The van der Waals surface area contributed by atoms with Gasteiger partial charge < -0.3 is 25.4 Å². The molecule has 0 fully saturated rings. The second kappa shape index (κ2) is 8.07. The second-order valence-electron chi connectivity index (χ2n) is 7.89. The third kappa shape index (κ3) is 4.05. The molecule has 3 aromatic carbocycles. The number of aromatic amines is 1. The van der Waals surface area contributed by atoms with Crippen molar-refractivity contribution in [1.29, 1.82) is 0 Å². The van der Waals surface area contributed by atoms with Crippen LogP contribution < -0.4 is 20.4 Å². The first kappa shape index (κ1) is 19.1. The number of rotatable bonds is 4. The van der Waals surface area contributed by atoms with Gasteiger partial charge in [-0.15, -0.1) is 0 Å². The van der Waals surface area contributed by atoms with E-state index in [9.17, 15) is 4.79 Å². The topological polar surface area (TPSA) is 63.4 Å². The lowest BCUT2D eigenvalue weighted by Crippen LogP contribution is -2.38. The van der Waals surface area contributed by atoms with Gasteiger partial charge in [0.25, 0.3) is 0 Å². The Labute approximate surface area is 181 Å². The van der Waals surface area contributed by atoms with E-state index in [0.29, 0.717) is 0 Å². The summed E-state index contributed by atoms with van der Waals surface area (Å²) in [5, 5.41) is 7.01. The first-order chi connectivity index (χ1) is 15.2. The number of anilines is 4. The van der Waals surface area contributed by atoms with Crippen molar-refractivity contribution in [2.45, 2.75) is 6.54 Å². The van der Waals surface area contributed by atoms with E-state index >= 15 is 0 Å². The van der Waals surface area contributed by atoms with Crippen LogP contribution in [0.5, 0.6) is 0 Å². The summed E-state index contributed by atoms with van der Waals surface area (Å²) in [6.07, 6.45) is 1.89. The van der Waals surface area contributed by atoms with Gasteiger partial charge in [-0.3, -0.25) is 0 Å². The largest absolute Gasteiger partial charge is 0.371 e. The average Bonchev–Trinajstić information content (AvgIpc) is 3.24. The van der Waals surface area contributed by atoms with Gasteiger partial charge in [-0.25, -0.2) is 4.79 Å². The van der Waals surface area contributed by atoms with Crippen molar-refractivity contribution in [3.8, 4) is 0 Å². The highest BCUT2D eigenvalue weighted by Gasteiger charge is 2.21. The second-order valence-corrected chi connectivity index (χ2v) is 7.89. The molecule has 6 nitrogen and oxygen atoms in total. The van der Waals surface area contributed by atoms with Crippen LogP contribution in [0, 0.1) is 0 Å². The summed E-state index contributed by atoms with van der Waals surface area (Å²) in [6, 6.07) is 24.1. The van der Waals surface area contributed by atoms with Crippen molar-refractivity contribution in [2.24, 2.45) is 0 Å². The van der Waals surface area contributed by atoms with Gasteiger partial charge in [0.15, 0.2) is 0 Å². The molecule has 2 heterocycles. The molecule has 0 unspecified atom stereocenters. The number of hydrogen-bond acceptors (Lipinski definition) is 3. The van der Waals surface area contributed by atoms with Crippen LogP contribution in [0.25, 0.3) is 10.9 Å². The molecule has 156 valence electrons. The van der Waals surface area contributed by atoms with Crippen LogP contribution in [-0.2, 0) is 6.54 Å². The standard InChI is InChI=1S/C25H25N5O/c1-29-13-14-30(17-18-5-3-2-4-6-18)24-16-21(9-10-23(24)29)28-25(31)27-20-8-7-19-11-12-26-22(19)15-20/h2-12,15-16,26H,13-14,17H2,1H3,(H2,27,28,31). The number of carbonyl (C=O) groups excluding carboxylic acids is 1. The van der Waals surface area contributed by atoms with E-state index in [1.54, 1.807) is 0 Å². The first-order valence-electron chi connectivity index (χ1n) is 10.4. The Hall–Kier alpha value is -3.93. The summed E-state index contributed by atoms with van der Waals surface area (Å²) in [7, 11) is 2.11. The molecule has 0 spiro atoms. The van der Waals surface area contributed by atoms with Gasteiger partial charge in [-0.05, 0) is 47.3 Å². The minimum absolute atomic E-state index is 0.260. The molecule has 0 saturated heterocycles. The Balaban J connectivity index is 1.34. The molecule has 31 heavy (non-hydrogen) atoms. The van der Waals surface area contributed by atoms with Crippen molar-refractivity contribution >= 4 is 39.7 Å². The number of hydrogen-bond donors (Lipinski definition) is 3. The molecule has 1 aromatic heterocycles. The molecule has 0 bridgehead atoms. The molecular formula is C25H25N5O. The van der Waals surface area contributed by atoms with Crippen LogP contribution >= 0.6 is 0 Å². The van der Waals surface area contributed by atoms with Crippen molar-refractivity contribution in [2.75, 3.05) is 40.6 Å². The van der Waals surface area contributed by atoms with Crippen LogP contribution in [0.1, 0.15) is 5.56 Å². The maximum atomic E-state index is 12.6. The van der Waals surface area contributed by atoms with Crippen molar-refractivity contribution in [3.63, 3.8) is 0 Å². The highest BCUT2D eigenvalue weighted by Crippen LogP contribution is 2.35. The number of aromatic nitrogens is 1. The number of fused-ring (bicyclic) bond motifs is 2. The fourth-order valence-electron chi connectivity index (χ4n) is 4.08. The van der Waals surface area contributed by atoms with Crippen LogP contribution in [0.15, 0.2) is 79.0 Å². The summed E-state index contributed by atoms with van der Waals surface area (Å²) in [6.45, 7) is 2.74. The van der Waals surface area contributed by atoms with Crippen molar-refractivity contribution < 1.29 is 4.79 Å². The first-order valence-corrected chi connectivity index (χ1v) is 10.4. The molecule has 4 aromatic rings. The Morgan fingerprint density at radius 2 is 1.68 bits per heavy atom. The van der Waals surface area contributed by atoms with Gasteiger partial charge in [-0.1, -0.05) is 36.4 Å². The predicted octanol–water partition coefficient (Wildman–Crippen LogP) is 5.27. The average molecular weight is 412 g/mol. The van der Waals surface area contributed by atoms with Crippen LogP contribution in [0.3, 0.4) is 0 Å². The SMILES string of the molecule is CN1CCN(Cc2ccccc2)c2cc(NC(=O)Nc3ccc4cc[nH]c4c3)ccc21. The van der Waals surface area contributed by atoms with Gasteiger partial charge in [0.1, 0.15) is 0 Å². The predicted molar refractivity (Wildman–Crippen MR) is 128 cm³/mol. The van der Waals surface area contributed by atoms with E-state index in [1.165, 1.54) is 11.3 Å². The maximum absolute atomic E-state index is 12.6. The highest BCUT2D eigenvalue weighted by atomic mass is 16.2. The third-order valence-corrected chi connectivity index (χ3v) is 5.72. The zero-order chi connectivity index (χ0) is 21.2. The van der Waals surface area contributed by atoms with E-state index in [1.807, 2.05) is 42.6 Å². The van der Waals surface area contributed by atoms with Gasteiger partial charge in [0.05, 0.1) is 11.4 Å². The van der Waals surface area contributed by atoms with E-state index in [4.69, 9.17) is 0 Å². The van der Waals surface area contributed by atoms with Gasteiger partial charge >= 0.3 is 6.03 Å². The molecule has 1 aliphatic rings. The van der Waals surface area contributed by atoms with Gasteiger partial charge in [-0.2, -0.15) is 0 Å². The Bertz CT molecular complexity index is 1220. The Morgan fingerprint density at radius 3 is 2.52 bits per heavy atom. The highest BCUT2D eigenvalue weighted by molar-refractivity contribution is 6.01. The van der Waals surface area contributed by atoms with E-state index in [2.05, 4.69) is 68.9 Å². The quantitative estimate of drug-likeness (QED) is 0.429.